The second-order valence-electron chi connectivity index (χ2n) is 3.96. The quantitative estimate of drug-likeness (QED) is 0.889. The normalized spacial score (nSPS) is 12.2. The minimum Gasteiger partial charge on any atom is -0.382 e. The van der Waals surface area contributed by atoms with Crippen LogP contribution in [0.15, 0.2) is 36.4 Å². The molecule has 0 spiro atoms. The average molecular weight is 282 g/mol. The number of hydrogen-bond acceptors (Lipinski definition) is 3. The van der Waals surface area contributed by atoms with Crippen molar-refractivity contribution < 1.29 is 0 Å². The van der Waals surface area contributed by atoms with Crippen LogP contribution in [0.2, 0.25) is 10.0 Å². The first-order valence-electron chi connectivity index (χ1n) is 5.51. The van der Waals surface area contributed by atoms with Gasteiger partial charge >= 0.3 is 0 Å². The van der Waals surface area contributed by atoms with E-state index in [4.69, 9.17) is 28.9 Å². The number of nitrogens with two attached hydrogens (primary N) is 1. The van der Waals surface area contributed by atoms with Crippen molar-refractivity contribution in [2.75, 3.05) is 11.1 Å². The van der Waals surface area contributed by atoms with Gasteiger partial charge in [0.15, 0.2) is 0 Å². The van der Waals surface area contributed by atoms with Gasteiger partial charge in [0.1, 0.15) is 11.6 Å². The summed E-state index contributed by atoms with van der Waals surface area (Å²) in [6, 6.07) is 11.7. The highest BCUT2D eigenvalue weighted by atomic mass is 35.5. The summed E-state index contributed by atoms with van der Waals surface area (Å²) in [4.78, 5) is 4.14. The van der Waals surface area contributed by atoms with Crippen molar-refractivity contribution in [1.82, 2.24) is 4.98 Å². The zero-order valence-corrected chi connectivity index (χ0v) is 11.3. The Bertz CT molecular complexity index is 543. The summed E-state index contributed by atoms with van der Waals surface area (Å²) in [5, 5.41) is 4.03. The number of nitrogens with zero attached hydrogens (tertiary/aromatic N) is 1. The smallest absolute Gasteiger partial charge is 0.147 e. The molecule has 1 heterocycles. The molecule has 1 unspecified atom stereocenters. The summed E-state index contributed by atoms with van der Waals surface area (Å²) in [6.45, 7) is 2.03. The van der Waals surface area contributed by atoms with Crippen molar-refractivity contribution in [2.45, 2.75) is 13.0 Å². The van der Waals surface area contributed by atoms with E-state index in [9.17, 15) is 0 Å². The van der Waals surface area contributed by atoms with E-state index in [1.54, 1.807) is 6.07 Å². The lowest BCUT2D eigenvalue weighted by atomic mass is 10.1. The molecular formula is C13H13Cl2N3. The van der Waals surface area contributed by atoms with Crippen LogP contribution in [0, 0.1) is 0 Å². The second-order valence-corrected chi connectivity index (χ2v) is 4.78. The van der Waals surface area contributed by atoms with E-state index >= 15 is 0 Å². The van der Waals surface area contributed by atoms with Gasteiger partial charge in [0.25, 0.3) is 0 Å². The molecule has 0 saturated heterocycles. The van der Waals surface area contributed by atoms with E-state index in [1.807, 2.05) is 37.3 Å². The van der Waals surface area contributed by atoms with Crippen LogP contribution in [0.1, 0.15) is 18.5 Å². The average Bonchev–Trinajstić information content (AvgIpc) is 2.37. The first kappa shape index (κ1) is 13.0. The van der Waals surface area contributed by atoms with Crippen LogP contribution in [0.4, 0.5) is 11.6 Å². The molecule has 18 heavy (non-hydrogen) atoms. The predicted octanol–water partition coefficient (Wildman–Crippen LogP) is 4.14. The van der Waals surface area contributed by atoms with E-state index < -0.39 is 0 Å². The molecule has 1 aromatic carbocycles. The minimum atomic E-state index is 0.0803. The number of rotatable bonds is 3. The molecule has 0 aliphatic rings. The molecule has 0 bridgehead atoms. The fourth-order valence-corrected chi connectivity index (χ4v) is 2.03. The molecule has 0 saturated carbocycles. The van der Waals surface area contributed by atoms with Crippen LogP contribution in [-0.4, -0.2) is 4.98 Å². The fraction of sp³-hybridized carbons (Fsp3) is 0.154. The Hall–Kier alpha value is -1.45. The lowest BCUT2D eigenvalue weighted by molar-refractivity contribution is 0.875. The standard InChI is InChI=1S/C13H13Cl2N3/c1-8(9-5-3-2-4-6-9)17-13-11(15)7-10(14)12(16)18-13/h2-8H,1H3,(H3,16,17,18). The van der Waals surface area contributed by atoms with Gasteiger partial charge in [-0.15, -0.1) is 0 Å². The van der Waals surface area contributed by atoms with E-state index in [-0.39, 0.29) is 11.9 Å². The van der Waals surface area contributed by atoms with Gasteiger partial charge in [0, 0.05) is 6.04 Å². The molecule has 1 atom stereocenters. The highest BCUT2D eigenvalue weighted by molar-refractivity contribution is 6.37. The SMILES string of the molecule is CC(Nc1nc(N)c(Cl)cc1Cl)c1ccccc1. The van der Waals surface area contributed by atoms with Gasteiger partial charge in [-0.2, -0.15) is 0 Å². The maximum Gasteiger partial charge on any atom is 0.147 e. The number of nitrogens with one attached hydrogen (secondary N) is 1. The molecule has 0 radical (unpaired) electrons. The van der Waals surface area contributed by atoms with Crippen LogP contribution in [-0.2, 0) is 0 Å². The van der Waals surface area contributed by atoms with Gasteiger partial charge < -0.3 is 11.1 Å². The molecular weight excluding hydrogens is 269 g/mol. The second kappa shape index (κ2) is 5.46. The summed E-state index contributed by atoms with van der Waals surface area (Å²) in [5.41, 5.74) is 6.80. The monoisotopic (exact) mass is 281 g/mol. The summed E-state index contributed by atoms with van der Waals surface area (Å²) >= 11 is 11.9. The maximum absolute atomic E-state index is 6.07. The molecule has 2 aromatic rings. The molecule has 2 rings (SSSR count). The van der Waals surface area contributed by atoms with E-state index in [2.05, 4.69) is 10.3 Å². The van der Waals surface area contributed by atoms with Crippen LogP contribution in [0.5, 0.6) is 0 Å². The van der Waals surface area contributed by atoms with Gasteiger partial charge in [-0.25, -0.2) is 4.98 Å². The Labute approximate surface area is 116 Å². The molecule has 3 N–H and O–H groups in total. The van der Waals surface area contributed by atoms with Crippen molar-refractivity contribution in [2.24, 2.45) is 0 Å². The largest absolute Gasteiger partial charge is 0.382 e. The van der Waals surface area contributed by atoms with Crippen LogP contribution in [0.25, 0.3) is 0 Å². The van der Waals surface area contributed by atoms with Gasteiger partial charge in [-0.3, -0.25) is 0 Å². The van der Waals surface area contributed by atoms with E-state index in [0.717, 1.165) is 5.56 Å². The Morgan fingerprint density at radius 3 is 2.50 bits per heavy atom. The van der Waals surface area contributed by atoms with Crippen molar-refractivity contribution in [3.05, 3.63) is 52.0 Å². The number of halogens is 2. The molecule has 0 aliphatic heterocycles. The third-order valence-electron chi connectivity index (χ3n) is 2.61. The zero-order chi connectivity index (χ0) is 13.1. The van der Waals surface area contributed by atoms with Gasteiger partial charge in [0.2, 0.25) is 0 Å². The Morgan fingerprint density at radius 1 is 1.17 bits per heavy atom. The molecule has 94 valence electrons. The maximum atomic E-state index is 6.07. The van der Waals surface area contributed by atoms with Crippen LogP contribution < -0.4 is 11.1 Å². The third-order valence-corrected chi connectivity index (χ3v) is 3.20. The van der Waals surface area contributed by atoms with Crippen molar-refractivity contribution in [3.8, 4) is 0 Å². The molecule has 1 aromatic heterocycles. The first-order chi connectivity index (χ1) is 8.58. The lowest BCUT2D eigenvalue weighted by Crippen LogP contribution is -2.09. The number of hydrogen-bond donors (Lipinski definition) is 2. The van der Waals surface area contributed by atoms with E-state index in [1.165, 1.54) is 0 Å². The summed E-state index contributed by atoms with van der Waals surface area (Å²) in [6.07, 6.45) is 0. The molecule has 0 fully saturated rings. The topological polar surface area (TPSA) is 50.9 Å². The summed E-state index contributed by atoms with van der Waals surface area (Å²) < 4.78 is 0. The van der Waals surface area contributed by atoms with Crippen molar-refractivity contribution in [1.29, 1.82) is 0 Å². The number of aromatic nitrogens is 1. The third kappa shape index (κ3) is 2.86. The van der Waals surface area contributed by atoms with Crippen LogP contribution >= 0.6 is 23.2 Å². The molecule has 3 nitrogen and oxygen atoms in total. The minimum absolute atomic E-state index is 0.0803. The van der Waals surface area contributed by atoms with Crippen molar-refractivity contribution >= 4 is 34.8 Å². The molecule has 5 heteroatoms. The Kier molecular flexibility index (Phi) is 3.94. The van der Waals surface area contributed by atoms with Gasteiger partial charge in [-0.1, -0.05) is 53.5 Å². The number of pyridine rings is 1. The highest BCUT2D eigenvalue weighted by Crippen LogP contribution is 2.29. The Morgan fingerprint density at radius 2 is 1.83 bits per heavy atom. The first-order valence-corrected chi connectivity index (χ1v) is 6.26. The number of nitrogen functional groups attached to an aromatic ring is 1. The van der Waals surface area contributed by atoms with Crippen LogP contribution in [0.3, 0.4) is 0 Å². The summed E-state index contributed by atoms with van der Waals surface area (Å²) in [7, 11) is 0. The fourth-order valence-electron chi connectivity index (χ4n) is 1.61. The van der Waals surface area contributed by atoms with E-state index in [0.29, 0.717) is 15.9 Å². The number of anilines is 2. The van der Waals surface area contributed by atoms with Crippen molar-refractivity contribution in [3.63, 3.8) is 0 Å². The highest BCUT2D eigenvalue weighted by Gasteiger charge is 2.11. The summed E-state index contributed by atoms with van der Waals surface area (Å²) in [5.74, 6) is 0.804. The van der Waals surface area contributed by atoms with Gasteiger partial charge in [-0.05, 0) is 18.6 Å². The van der Waals surface area contributed by atoms with Gasteiger partial charge in [0.05, 0.1) is 10.0 Å². The predicted molar refractivity (Wildman–Crippen MR) is 77.1 cm³/mol. The molecule has 0 amide bonds. The molecule has 0 aliphatic carbocycles. The Balaban J connectivity index is 2.22. The lowest BCUT2D eigenvalue weighted by Gasteiger charge is -2.16. The zero-order valence-electron chi connectivity index (χ0n) is 9.82. The number of benzene rings is 1.